The number of hydrogen-bond acceptors (Lipinski definition) is 2. The third kappa shape index (κ3) is 2.99. The maximum atomic E-state index is 11.5. The van der Waals surface area contributed by atoms with Gasteiger partial charge in [0.2, 0.25) is 5.91 Å². The Morgan fingerprint density at radius 3 is 3.00 bits per heavy atom. The van der Waals surface area contributed by atoms with Crippen LogP contribution in [0.4, 0.5) is 0 Å². The van der Waals surface area contributed by atoms with Gasteiger partial charge in [-0.05, 0) is 32.4 Å². The molecule has 0 saturated carbocycles. The highest BCUT2D eigenvalue weighted by atomic mass is 16.2. The molecule has 1 N–H and O–H groups in total. The molecule has 3 heteroatoms. The average Bonchev–Trinajstić information content (AvgIpc) is 2.54. The van der Waals surface area contributed by atoms with Gasteiger partial charge in [-0.25, -0.2) is 0 Å². The summed E-state index contributed by atoms with van der Waals surface area (Å²) in [7, 11) is 1.97. The molecule has 0 spiro atoms. The molecule has 0 bridgehead atoms. The molecule has 1 amide bonds. The fraction of sp³-hybridized carbons (Fsp3) is 0.900. The van der Waals surface area contributed by atoms with Crippen LogP contribution in [0.2, 0.25) is 0 Å². The number of carbonyl (C=O) groups excluding carboxylic acids is 1. The van der Waals surface area contributed by atoms with Crippen LogP contribution in [0.1, 0.15) is 26.2 Å². The Balaban J connectivity index is 2.27. The summed E-state index contributed by atoms with van der Waals surface area (Å²) in [6.07, 6.45) is 2.84. The Morgan fingerprint density at radius 1 is 1.62 bits per heavy atom. The van der Waals surface area contributed by atoms with Gasteiger partial charge in [-0.2, -0.15) is 0 Å². The van der Waals surface area contributed by atoms with Crippen LogP contribution >= 0.6 is 0 Å². The van der Waals surface area contributed by atoms with Crippen molar-refractivity contribution in [1.82, 2.24) is 10.2 Å². The molecule has 0 aromatic carbocycles. The molecule has 0 aliphatic carbocycles. The normalized spacial score (nSPS) is 22.3. The van der Waals surface area contributed by atoms with Gasteiger partial charge in [-0.1, -0.05) is 6.92 Å². The highest BCUT2D eigenvalue weighted by Crippen LogP contribution is 2.16. The van der Waals surface area contributed by atoms with E-state index in [0.717, 1.165) is 32.5 Å². The van der Waals surface area contributed by atoms with E-state index in [1.807, 2.05) is 11.9 Å². The van der Waals surface area contributed by atoms with Gasteiger partial charge in [0.15, 0.2) is 0 Å². The SMILES string of the molecule is CCCC(=O)N1CCC(CNC)C1. The van der Waals surface area contributed by atoms with Gasteiger partial charge in [0.05, 0.1) is 0 Å². The summed E-state index contributed by atoms with van der Waals surface area (Å²) in [6, 6.07) is 0. The van der Waals surface area contributed by atoms with Gasteiger partial charge >= 0.3 is 0 Å². The van der Waals surface area contributed by atoms with Crippen molar-refractivity contribution in [2.45, 2.75) is 26.2 Å². The molecule has 1 atom stereocenters. The molecule has 3 nitrogen and oxygen atoms in total. The minimum absolute atomic E-state index is 0.334. The Kier molecular flexibility index (Phi) is 4.22. The lowest BCUT2D eigenvalue weighted by atomic mass is 10.1. The van der Waals surface area contributed by atoms with Gasteiger partial charge in [-0.15, -0.1) is 0 Å². The zero-order valence-electron chi connectivity index (χ0n) is 8.68. The van der Waals surface area contributed by atoms with Crippen LogP contribution < -0.4 is 5.32 Å². The monoisotopic (exact) mass is 184 g/mol. The number of hydrogen-bond donors (Lipinski definition) is 1. The molecule has 0 aromatic heterocycles. The van der Waals surface area contributed by atoms with Gasteiger partial charge in [-0.3, -0.25) is 4.79 Å². The van der Waals surface area contributed by atoms with Crippen molar-refractivity contribution >= 4 is 5.91 Å². The molecule has 13 heavy (non-hydrogen) atoms. The fourth-order valence-corrected chi connectivity index (χ4v) is 1.89. The number of carbonyl (C=O) groups is 1. The maximum Gasteiger partial charge on any atom is 0.222 e. The first kappa shape index (κ1) is 10.5. The molecule has 1 rings (SSSR count). The van der Waals surface area contributed by atoms with E-state index >= 15 is 0 Å². The molecular weight excluding hydrogens is 164 g/mol. The molecule has 76 valence electrons. The van der Waals surface area contributed by atoms with Crippen molar-refractivity contribution in [3.63, 3.8) is 0 Å². The van der Waals surface area contributed by atoms with Gasteiger partial charge in [0, 0.05) is 19.5 Å². The van der Waals surface area contributed by atoms with E-state index in [1.165, 1.54) is 0 Å². The second-order valence-corrected chi connectivity index (χ2v) is 3.80. The van der Waals surface area contributed by atoms with E-state index in [-0.39, 0.29) is 0 Å². The van der Waals surface area contributed by atoms with E-state index < -0.39 is 0 Å². The molecule has 1 heterocycles. The second-order valence-electron chi connectivity index (χ2n) is 3.80. The Morgan fingerprint density at radius 2 is 2.38 bits per heavy atom. The highest BCUT2D eigenvalue weighted by molar-refractivity contribution is 5.76. The Hall–Kier alpha value is -0.570. The van der Waals surface area contributed by atoms with E-state index in [9.17, 15) is 4.79 Å². The van der Waals surface area contributed by atoms with Crippen LogP contribution in [0.25, 0.3) is 0 Å². The molecule has 1 aliphatic heterocycles. The van der Waals surface area contributed by atoms with Crippen molar-refractivity contribution in [2.24, 2.45) is 5.92 Å². The lowest BCUT2D eigenvalue weighted by molar-refractivity contribution is -0.130. The van der Waals surface area contributed by atoms with Crippen LogP contribution in [0.3, 0.4) is 0 Å². The molecule has 1 fully saturated rings. The summed E-state index contributed by atoms with van der Waals surface area (Å²) in [5.74, 6) is 1.01. The zero-order valence-corrected chi connectivity index (χ0v) is 8.68. The van der Waals surface area contributed by atoms with E-state index in [2.05, 4.69) is 12.2 Å². The van der Waals surface area contributed by atoms with E-state index in [1.54, 1.807) is 0 Å². The lowest BCUT2D eigenvalue weighted by Gasteiger charge is -2.15. The Bertz CT molecular complexity index is 170. The standard InChI is InChI=1S/C10H20N2O/c1-3-4-10(13)12-6-5-9(8-12)7-11-2/h9,11H,3-8H2,1-2H3. The topological polar surface area (TPSA) is 32.3 Å². The average molecular weight is 184 g/mol. The molecule has 0 aromatic rings. The van der Waals surface area contributed by atoms with Crippen LogP contribution in [-0.4, -0.2) is 37.5 Å². The quantitative estimate of drug-likeness (QED) is 0.702. The molecule has 1 saturated heterocycles. The summed E-state index contributed by atoms with van der Waals surface area (Å²) in [6.45, 7) is 5.01. The van der Waals surface area contributed by atoms with Crippen LogP contribution in [0.15, 0.2) is 0 Å². The van der Waals surface area contributed by atoms with Gasteiger partial charge in [0.1, 0.15) is 0 Å². The van der Waals surface area contributed by atoms with Crippen molar-refractivity contribution < 1.29 is 4.79 Å². The number of amides is 1. The first-order chi connectivity index (χ1) is 6.27. The second kappa shape index (κ2) is 5.22. The zero-order chi connectivity index (χ0) is 9.68. The third-order valence-corrected chi connectivity index (χ3v) is 2.60. The largest absolute Gasteiger partial charge is 0.342 e. The van der Waals surface area contributed by atoms with Crippen molar-refractivity contribution in [2.75, 3.05) is 26.7 Å². The molecule has 1 unspecified atom stereocenters. The van der Waals surface area contributed by atoms with Crippen LogP contribution in [0.5, 0.6) is 0 Å². The summed E-state index contributed by atoms with van der Waals surface area (Å²) in [5.41, 5.74) is 0. The van der Waals surface area contributed by atoms with Crippen molar-refractivity contribution in [3.8, 4) is 0 Å². The van der Waals surface area contributed by atoms with Gasteiger partial charge < -0.3 is 10.2 Å². The van der Waals surface area contributed by atoms with Crippen molar-refractivity contribution in [3.05, 3.63) is 0 Å². The third-order valence-electron chi connectivity index (χ3n) is 2.60. The predicted molar refractivity (Wildman–Crippen MR) is 53.5 cm³/mol. The number of nitrogens with zero attached hydrogens (tertiary/aromatic N) is 1. The first-order valence-electron chi connectivity index (χ1n) is 5.20. The first-order valence-corrected chi connectivity index (χ1v) is 5.20. The number of nitrogens with one attached hydrogen (secondary N) is 1. The number of rotatable bonds is 4. The smallest absolute Gasteiger partial charge is 0.222 e. The van der Waals surface area contributed by atoms with E-state index in [0.29, 0.717) is 18.2 Å². The van der Waals surface area contributed by atoms with E-state index in [4.69, 9.17) is 0 Å². The summed E-state index contributed by atoms with van der Waals surface area (Å²) >= 11 is 0. The maximum absolute atomic E-state index is 11.5. The predicted octanol–water partition coefficient (Wildman–Crippen LogP) is 0.854. The molecule has 1 aliphatic rings. The summed E-state index contributed by atoms with van der Waals surface area (Å²) in [4.78, 5) is 13.5. The Labute approximate surface area is 80.5 Å². The molecular formula is C10H20N2O. The fourth-order valence-electron chi connectivity index (χ4n) is 1.89. The number of likely N-dealkylation sites (tertiary alicyclic amines) is 1. The summed E-state index contributed by atoms with van der Waals surface area (Å²) in [5, 5.41) is 3.16. The lowest BCUT2D eigenvalue weighted by Crippen LogP contribution is -2.29. The minimum atomic E-state index is 0.334. The molecule has 0 radical (unpaired) electrons. The summed E-state index contributed by atoms with van der Waals surface area (Å²) < 4.78 is 0. The minimum Gasteiger partial charge on any atom is -0.342 e. The van der Waals surface area contributed by atoms with Crippen LogP contribution in [0, 0.1) is 5.92 Å². The highest BCUT2D eigenvalue weighted by Gasteiger charge is 2.24. The van der Waals surface area contributed by atoms with Crippen LogP contribution in [-0.2, 0) is 4.79 Å². The van der Waals surface area contributed by atoms with Crippen molar-refractivity contribution in [1.29, 1.82) is 0 Å². The van der Waals surface area contributed by atoms with Gasteiger partial charge in [0.25, 0.3) is 0 Å².